The number of hydrogen-bond donors (Lipinski definition) is 1. The molecule has 0 aliphatic carbocycles. The Labute approximate surface area is 110 Å². The maximum atomic E-state index is 6.04. The van der Waals surface area contributed by atoms with Gasteiger partial charge in [-0.15, -0.1) is 0 Å². The van der Waals surface area contributed by atoms with Crippen molar-refractivity contribution in [1.82, 2.24) is 9.38 Å². The minimum absolute atomic E-state index is 0.424. The van der Waals surface area contributed by atoms with Gasteiger partial charge >= 0.3 is 0 Å². The average Bonchev–Trinajstić information content (AvgIpc) is 2.81. The van der Waals surface area contributed by atoms with Crippen LogP contribution in [0.15, 0.2) is 48.8 Å². The summed E-state index contributed by atoms with van der Waals surface area (Å²) in [5, 5.41) is 0.730. The van der Waals surface area contributed by atoms with Crippen LogP contribution in [0.4, 0.5) is 0 Å². The normalized spacial score (nSPS) is 11.0. The van der Waals surface area contributed by atoms with Crippen molar-refractivity contribution in [3.05, 3.63) is 59.6 Å². The summed E-state index contributed by atoms with van der Waals surface area (Å²) in [6.07, 6.45) is 3.82. The van der Waals surface area contributed by atoms with E-state index in [2.05, 4.69) is 11.1 Å². The zero-order valence-electron chi connectivity index (χ0n) is 9.68. The summed E-state index contributed by atoms with van der Waals surface area (Å²) in [6.45, 7) is 0.424. The summed E-state index contributed by atoms with van der Waals surface area (Å²) in [5.74, 6) is 0.855. The predicted octanol–water partition coefficient (Wildman–Crippen LogP) is 3.11. The fourth-order valence-electron chi connectivity index (χ4n) is 2.13. The molecule has 0 saturated carbocycles. The number of imidazole rings is 1. The minimum atomic E-state index is 0.424. The van der Waals surface area contributed by atoms with Gasteiger partial charge in [0.05, 0.1) is 18.3 Å². The molecule has 0 radical (unpaired) electrons. The number of benzene rings is 1. The lowest BCUT2D eigenvalue weighted by atomic mass is 10.1. The Morgan fingerprint density at radius 2 is 2.11 bits per heavy atom. The molecule has 90 valence electrons. The third-order valence-corrected chi connectivity index (χ3v) is 3.20. The molecule has 3 aromatic rings. The SMILES string of the molecule is NCc1ncc2c(-c3cccc(Cl)c3)cccn12. The molecular formula is C14H12ClN3. The van der Waals surface area contributed by atoms with Gasteiger partial charge in [-0.2, -0.15) is 0 Å². The molecule has 0 saturated heterocycles. The van der Waals surface area contributed by atoms with Crippen LogP contribution < -0.4 is 5.73 Å². The van der Waals surface area contributed by atoms with Crippen LogP contribution in [0.2, 0.25) is 5.02 Å². The molecule has 18 heavy (non-hydrogen) atoms. The molecule has 2 heterocycles. The molecule has 2 N–H and O–H groups in total. The van der Waals surface area contributed by atoms with Gasteiger partial charge in [-0.3, -0.25) is 0 Å². The Kier molecular flexibility index (Phi) is 2.78. The van der Waals surface area contributed by atoms with Gasteiger partial charge in [-0.05, 0) is 23.8 Å². The van der Waals surface area contributed by atoms with E-state index in [0.717, 1.165) is 27.5 Å². The summed E-state index contributed by atoms with van der Waals surface area (Å²) < 4.78 is 2.01. The van der Waals surface area contributed by atoms with Crippen molar-refractivity contribution in [1.29, 1.82) is 0 Å². The lowest BCUT2D eigenvalue weighted by molar-refractivity contribution is 0.904. The summed E-state index contributed by atoms with van der Waals surface area (Å²) in [5.41, 5.74) is 8.89. The van der Waals surface area contributed by atoms with E-state index >= 15 is 0 Å². The molecule has 4 heteroatoms. The highest BCUT2D eigenvalue weighted by Gasteiger charge is 2.07. The molecule has 0 amide bonds. The van der Waals surface area contributed by atoms with Crippen molar-refractivity contribution in [3.8, 4) is 11.1 Å². The fraction of sp³-hybridized carbons (Fsp3) is 0.0714. The van der Waals surface area contributed by atoms with Crippen molar-refractivity contribution in [2.45, 2.75) is 6.54 Å². The summed E-state index contributed by atoms with van der Waals surface area (Å²) in [4.78, 5) is 4.33. The Balaban J connectivity index is 2.26. The second-order valence-electron chi connectivity index (χ2n) is 4.07. The molecule has 0 aliphatic heterocycles. The van der Waals surface area contributed by atoms with Crippen LogP contribution in [0, 0.1) is 0 Å². The number of pyridine rings is 1. The van der Waals surface area contributed by atoms with Gasteiger partial charge in [-0.25, -0.2) is 4.98 Å². The average molecular weight is 258 g/mol. The van der Waals surface area contributed by atoms with E-state index in [9.17, 15) is 0 Å². The van der Waals surface area contributed by atoms with Crippen LogP contribution in [0.25, 0.3) is 16.6 Å². The smallest absolute Gasteiger partial charge is 0.127 e. The molecule has 1 aromatic carbocycles. The molecule has 0 fully saturated rings. The summed E-state index contributed by atoms with van der Waals surface area (Å²) in [7, 11) is 0. The number of halogens is 1. The van der Waals surface area contributed by atoms with Crippen LogP contribution in [-0.2, 0) is 6.54 Å². The highest BCUT2D eigenvalue weighted by molar-refractivity contribution is 6.30. The van der Waals surface area contributed by atoms with Crippen molar-refractivity contribution < 1.29 is 0 Å². The fourth-order valence-corrected chi connectivity index (χ4v) is 2.32. The van der Waals surface area contributed by atoms with Gasteiger partial charge in [-0.1, -0.05) is 29.8 Å². The monoisotopic (exact) mass is 257 g/mol. The number of hydrogen-bond acceptors (Lipinski definition) is 2. The van der Waals surface area contributed by atoms with Crippen molar-refractivity contribution >= 4 is 17.1 Å². The summed E-state index contributed by atoms with van der Waals surface area (Å²) in [6, 6.07) is 11.9. The van der Waals surface area contributed by atoms with Gasteiger partial charge in [0.25, 0.3) is 0 Å². The molecule has 3 nitrogen and oxygen atoms in total. The van der Waals surface area contributed by atoms with Crippen molar-refractivity contribution in [3.63, 3.8) is 0 Å². The van der Waals surface area contributed by atoms with Gasteiger partial charge in [0.15, 0.2) is 0 Å². The molecule has 0 spiro atoms. The van der Waals surface area contributed by atoms with Gasteiger partial charge in [0.2, 0.25) is 0 Å². The van der Waals surface area contributed by atoms with Crippen LogP contribution in [0.5, 0.6) is 0 Å². The highest BCUT2D eigenvalue weighted by atomic mass is 35.5. The van der Waals surface area contributed by atoms with E-state index in [4.69, 9.17) is 17.3 Å². The first-order chi connectivity index (χ1) is 8.79. The van der Waals surface area contributed by atoms with E-state index < -0.39 is 0 Å². The second-order valence-corrected chi connectivity index (χ2v) is 4.50. The highest BCUT2D eigenvalue weighted by Crippen LogP contribution is 2.27. The van der Waals surface area contributed by atoms with E-state index in [1.54, 1.807) is 0 Å². The number of rotatable bonds is 2. The Bertz CT molecular complexity index is 703. The van der Waals surface area contributed by atoms with Gasteiger partial charge in [0, 0.05) is 16.8 Å². The first kappa shape index (κ1) is 11.3. The van der Waals surface area contributed by atoms with Gasteiger partial charge < -0.3 is 10.1 Å². The number of nitrogens with two attached hydrogens (primary N) is 1. The van der Waals surface area contributed by atoms with Gasteiger partial charge in [0.1, 0.15) is 5.82 Å². The zero-order valence-corrected chi connectivity index (χ0v) is 10.4. The van der Waals surface area contributed by atoms with E-state index in [1.807, 2.05) is 47.1 Å². The standard InChI is InChI=1S/C14H12ClN3/c15-11-4-1-3-10(7-11)12-5-2-6-18-13(12)9-17-14(18)8-16/h1-7,9H,8,16H2. The van der Waals surface area contributed by atoms with E-state index in [-0.39, 0.29) is 0 Å². The maximum Gasteiger partial charge on any atom is 0.127 e. The van der Waals surface area contributed by atoms with E-state index in [0.29, 0.717) is 6.54 Å². The largest absolute Gasteiger partial charge is 0.324 e. The predicted molar refractivity (Wildman–Crippen MR) is 73.5 cm³/mol. The molecule has 0 atom stereocenters. The third kappa shape index (κ3) is 1.78. The number of fused-ring (bicyclic) bond motifs is 1. The maximum absolute atomic E-state index is 6.04. The lowest BCUT2D eigenvalue weighted by Crippen LogP contribution is -2.02. The first-order valence-corrected chi connectivity index (χ1v) is 6.08. The molecule has 2 aromatic heterocycles. The molecule has 3 rings (SSSR count). The van der Waals surface area contributed by atoms with Crippen molar-refractivity contribution in [2.75, 3.05) is 0 Å². The molecule has 0 aliphatic rings. The molecule has 0 unspecified atom stereocenters. The second kappa shape index (κ2) is 4.44. The summed E-state index contributed by atoms with van der Waals surface area (Å²) >= 11 is 6.04. The Morgan fingerprint density at radius 1 is 1.22 bits per heavy atom. The van der Waals surface area contributed by atoms with Crippen LogP contribution in [-0.4, -0.2) is 9.38 Å². The third-order valence-electron chi connectivity index (χ3n) is 2.97. The Morgan fingerprint density at radius 3 is 2.89 bits per heavy atom. The first-order valence-electron chi connectivity index (χ1n) is 5.70. The van der Waals surface area contributed by atoms with Crippen LogP contribution >= 0.6 is 11.6 Å². The zero-order chi connectivity index (χ0) is 12.5. The van der Waals surface area contributed by atoms with Crippen LogP contribution in [0.1, 0.15) is 5.82 Å². The molecular weight excluding hydrogens is 246 g/mol. The lowest BCUT2D eigenvalue weighted by Gasteiger charge is -2.06. The number of aromatic nitrogens is 2. The topological polar surface area (TPSA) is 43.3 Å². The number of nitrogens with zero attached hydrogens (tertiary/aromatic N) is 2. The molecule has 0 bridgehead atoms. The van der Waals surface area contributed by atoms with Crippen LogP contribution in [0.3, 0.4) is 0 Å². The quantitative estimate of drug-likeness (QED) is 0.767. The Hall–Kier alpha value is -1.84. The minimum Gasteiger partial charge on any atom is -0.324 e. The van der Waals surface area contributed by atoms with Crippen molar-refractivity contribution in [2.24, 2.45) is 5.73 Å². The van der Waals surface area contributed by atoms with E-state index in [1.165, 1.54) is 0 Å².